The quantitative estimate of drug-likeness (QED) is 0.426. The van der Waals surface area contributed by atoms with Crippen molar-refractivity contribution >= 4 is 56.9 Å². The van der Waals surface area contributed by atoms with Crippen molar-refractivity contribution in [2.45, 2.75) is 26.2 Å². The van der Waals surface area contributed by atoms with E-state index in [2.05, 4.69) is 12.2 Å². The fourth-order valence-corrected chi connectivity index (χ4v) is 5.17. The van der Waals surface area contributed by atoms with Crippen molar-refractivity contribution in [1.82, 2.24) is 0 Å². The van der Waals surface area contributed by atoms with Crippen LogP contribution in [0.3, 0.4) is 0 Å². The molecule has 150 valence electrons. The first kappa shape index (κ1) is 19.7. The van der Waals surface area contributed by atoms with Gasteiger partial charge in [0.15, 0.2) is 0 Å². The summed E-state index contributed by atoms with van der Waals surface area (Å²) in [6, 6.07) is 7.16. The van der Waals surface area contributed by atoms with Gasteiger partial charge in [-0.05, 0) is 61.1 Å². The number of halogens is 1. The number of esters is 1. The van der Waals surface area contributed by atoms with E-state index >= 15 is 0 Å². The molecule has 0 radical (unpaired) electrons. The number of methoxy groups -OCH3 is 1. The largest absolute Gasteiger partial charge is 0.465 e. The molecule has 1 amide bonds. The first-order chi connectivity index (χ1) is 13.9. The number of carbonyl (C=O) groups is 2. The van der Waals surface area contributed by atoms with Crippen LogP contribution in [0.2, 0.25) is 5.02 Å². The number of hydrogen-bond donors (Lipinski definition) is 1. The van der Waals surface area contributed by atoms with Crippen LogP contribution in [0.1, 0.15) is 39.9 Å². The number of fused-ring (bicyclic) bond motifs is 2. The lowest BCUT2D eigenvalue weighted by atomic mass is 9.88. The number of ether oxygens (including phenoxy) is 1. The number of benzene rings is 1. The van der Waals surface area contributed by atoms with Crippen molar-refractivity contribution in [2.24, 2.45) is 5.92 Å². The highest BCUT2D eigenvalue weighted by Crippen LogP contribution is 2.40. The maximum Gasteiger partial charge on any atom is 0.341 e. The number of amides is 1. The number of hydrogen-bond acceptors (Lipinski definition) is 5. The van der Waals surface area contributed by atoms with Gasteiger partial charge in [0, 0.05) is 21.4 Å². The van der Waals surface area contributed by atoms with Gasteiger partial charge in [0.25, 0.3) is 0 Å². The predicted molar refractivity (Wildman–Crippen MR) is 116 cm³/mol. The molecule has 0 bridgehead atoms. The molecule has 0 saturated carbocycles. The molecule has 1 aromatic carbocycles. The predicted octanol–water partition coefficient (Wildman–Crippen LogP) is 5.71. The van der Waals surface area contributed by atoms with E-state index in [1.54, 1.807) is 24.3 Å². The van der Waals surface area contributed by atoms with Crippen LogP contribution in [0, 0.1) is 5.92 Å². The van der Waals surface area contributed by atoms with Crippen molar-refractivity contribution in [3.63, 3.8) is 0 Å². The van der Waals surface area contributed by atoms with Gasteiger partial charge in [-0.3, -0.25) is 4.79 Å². The first-order valence-corrected chi connectivity index (χ1v) is 10.5. The van der Waals surface area contributed by atoms with Crippen LogP contribution in [0.15, 0.2) is 34.8 Å². The van der Waals surface area contributed by atoms with E-state index in [0.29, 0.717) is 32.8 Å². The van der Waals surface area contributed by atoms with Crippen LogP contribution < -0.4 is 5.32 Å². The molecule has 2 heterocycles. The molecule has 0 saturated heterocycles. The Labute approximate surface area is 177 Å². The molecule has 29 heavy (non-hydrogen) atoms. The van der Waals surface area contributed by atoms with E-state index in [-0.39, 0.29) is 5.91 Å². The molecule has 1 atom stereocenters. The maximum absolute atomic E-state index is 12.5. The van der Waals surface area contributed by atoms with Gasteiger partial charge in [-0.15, -0.1) is 11.3 Å². The topological polar surface area (TPSA) is 68.5 Å². The molecule has 1 aliphatic carbocycles. The zero-order valence-electron chi connectivity index (χ0n) is 16.1. The number of rotatable bonds is 4. The summed E-state index contributed by atoms with van der Waals surface area (Å²) in [4.78, 5) is 26.0. The summed E-state index contributed by atoms with van der Waals surface area (Å²) < 4.78 is 10.6. The lowest BCUT2D eigenvalue weighted by molar-refractivity contribution is -0.111. The van der Waals surface area contributed by atoms with Gasteiger partial charge in [0.1, 0.15) is 16.3 Å². The summed E-state index contributed by atoms with van der Waals surface area (Å²) in [5.74, 6) is 0.368. The monoisotopic (exact) mass is 429 g/mol. The lowest BCUT2D eigenvalue weighted by Gasteiger charge is -2.18. The van der Waals surface area contributed by atoms with Crippen molar-refractivity contribution in [1.29, 1.82) is 0 Å². The van der Waals surface area contributed by atoms with Crippen LogP contribution in [0.5, 0.6) is 0 Å². The summed E-state index contributed by atoms with van der Waals surface area (Å²) in [7, 11) is 1.36. The Hall–Kier alpha value is -2.57. The molecular formula is C22H20ClNO4S. The number of carbonyl (C=O) groups excluding carboxylic acids is 2. The fraction of sp³-hybridized carbons (Fsp3) is 0.273. The molecule has 0 fully saturated rings. The molecule has 5 nitrogen and oxygen atoms in total. The van der Waals surface area contributed by atoms with E-state index in [0.717, 1.165) is 35.1 Å². The third kappa shape index (κ3) is 4.09. The van der Waals surface area contributed by atoms with Gasteiger partial charge in [-0.1, -0.05) is 18.5 Å². The second kappa shape index (κ2) is 8.05. The van der Waals surface area contributed by atoms with Gasteiger partial charge in [-0.25, -0.2) is 4.79 Å². The Morgan fingerprint density at radius 3 is 2.97 bits per heavy atom. The molecule has 1 N–H and O–H groups in total. The average Bonchev–Trinajstić information content (AvgIpc) is 3.25. The summed E-state index contributed by atoms with van der Waals surface area (Å²) in [6.45, 7) is 2.20. The normalized spacial score (nSPS) is 16.2. The van der Waals surface area contributed by atoms with E-state index in [4.69, 9.17) is 20.8 Å². The molecule has 7 heteroatoms. The van der Waals surface area contributed by atoms with Crippen LogP contribution >= 0.6 is 22.9 Å². The van der Waals surface area contributed by atoms with Gasteiger partial charge >= 0.3 is 5.97 Å². The summed E-state index contributed by atoms with van der Waals surface area (Å²) in [6.07, 6.45) is 5.75. The van der Waals surface area contributed by atoms with Gasteiger partial charge < -0.3 is 14.5 Å². The van der Waals surface area contributed by atoms with E-state index in [9.17, 15) is 9.59 Å². The number of nitrogens with one attached hydrogen (secondary N) is 1. The van der Waals surface area contributed by atoms with Crippen LogP contribution in [0.4, 0.5) is 5.00 Å². The maximum atomic E-state index is 12.5. The third-order valence-corrected chi connectivity index (χ3v) is 6.44. The Kier molecular flexibility index (Phi) is 5.48. The van der Waals surface area contributed by atoms with Crippen molar-refractivity contribution in [2.75, 3.05) is 12.4 Å². The molecule has 1 unspecified atom stereocenters. The summed E-state index contributed by atoms with van der Waals surface area (Å²) in [5, 5.41) is 4.87. The van der Waals surface area contributed by atoms with E-state index in [1.165, 1.54) is 24.5 Å². The van der Waals surface area contributed by atoms with Crippen LogP contribution in [-0.4, -0.2) is 19.0 Å². The van der Waals surface area contributed by atoms with Crippen LogP contribution in [-0.2, 0) is 22.4 Å². The highest BCUT2D eigenvalue weighted by Gasteiger charge is 2.28. The van der Waals surface area contributed by atoms with Gasteiger partial charge in [0.05, 0.1) is 12.7 Å². The summed E-state index contributed by atoms with van der Waals surface area (Å²) in [5.41, 5.74) is 2.19. The Balaban J connectivity index is 1.55. The van der Waals surface area contributed by atoms with E-state index < -0.39 is 5.97 Å². The van der Waals surface area contributed by atoms with Crippen molar-refractivity contribution < 1.29 is 18.7 Å². The zero-order valence-corrected chi connectivity index (χ0v) is 17.7. The molecular weight excluding hydrogens is 410 g/mol. The molecule has 1 aliphatic rings. The molecule has 0 aliphatic heterocycles. The van der Waals surface area contributed by atoms with Crippen molar-refractivity contribution in [3.05, 3.63) is 57.1 Å². The van der Waals surface area contributed by atoms with Crippen LogP contribution in [0.25, 0.3) is 17.0 Å². The Morgan fingerprint density at radius 2 is 2.17 bits per heavy atom. The number of thiophene rings is 1. The standard InChI is InChI=1S/C22H20ClNO4S/c1-12-3-6-16-18(9-12)29-21(20(16)22(26)27-2)24-19(25)8-5-15-11-13-10-14(23)4-7-17(13)28-15/h4-5,7-8,10-12H,3,6,9H2,1-2H3,(H,24,25)/b8-5+. The second-order valence-corrected chi connectivity index (χ2v) is 8.74. The fourth-order valence-electron chi connectivity index (χ4n) is 3.59. The third-order valence-electron chi connectivity index (χ3n) is 5.03. The van der Waals surface area contributed by atoms with Gasteiger partial charge in [-0.2, -0.15) is 0 Å². The minimum Gasteiger partial charge on any atom is -0.465 e. The summed E-state index contributed by atoms with van der Waals surface area (Å²) >= 11 is 7.45. The number of anilines is 1. The highest BCUT2D eigenvalue weighted by molar-refractivity contribution is 7.17. The highest BCUT2D eigenvalue weighted by atomic mass is 35.5. The molecule has 4 rings (SSSR count). The average molecular weight is 430 g/mol. The van der Waals surface area contributed by atoms with E-state index in [1.807, 2.05) is 6.07 Å². The SMILES string of the molecule is COC(=O)c1c(NC(=O)/C=C/c2cc3cc(Cl)ccc3o2)sc2c1CCC(C)C2. The lowest BCUT2D eigenvalue weighted by Crippen LogP contribution is -2.14. The Morgan fingerprint density at radius 1 is 1.34 bits per heavy atom. The number of furan rings is 1. The van der Waals surface area contributed by atoms with Gasteiger partial charge in [0.2, 0.25) is 5.91 Å². The smallest absolute Gasteiger partial charge is 0.341 e. The molecule has 2 aromatic heterocycles. The molecule has 0 spiro atoms. The Bertz CT molecular complexity index is 1130. The first-order valence-electron chi connectivity index (χ1n) is 9.35. The van der Waals surface area contributed by atoms with Crippen molar-refractivity contribution in [3.8, 4) is 0 Å². The zero-order chi connectivity index (χ0) is 20.5. The second-order valence-electron chi connectivity index (χ2n) is 7.20. The molecule has 3 aromatic rings. The minimum absolute atomic E-state index is 0.333. The minimum atomic E-state index is -0.412.